The van der Waals surface area contributed by atoms with Gasteiger partial charge in [0.2, 0.25) is 0 Å². The number of hydrogen-bond acceptors (Lipinski definition) is 3. The monoisotopic (exact) mass is 321 g/mol. The average Bonchev–Trinajstić information content (AvgIpc) is 3.16. The Hall–Kier alpha value is -2.77. The lowest BCUT2D eigenvalue weighted by Crippen LogP contribution is -2.40. The van der Waals surface area contributed by atoms with E-state index in [9.17, 15) is 18.4 Å². The Balaban J connectivity index is 1.90. The minimum Gasteiger partial charge on any atom is -0.480 e. The van der Waals surface area contributed by atoms with E-state index in [0.717, 1.165) is 16.8 Å². The Morgan fingerprint density at radius 1 is 1.22 bits per heavy atom. The molecule has 1 aliphatic rings. The Bertz CT molecular complexity index is 755. The smallest absolute Gasteiger partial charge is 0.326 e. The number of carboxylic acid groups (broad SMARTS) is 1. The summed E-state index contributed by atoms with van der Waals surface area (Å²) in [5, 5.41) is 13.0. The van der Waals surface area contributed by atoms with Gasteiger partial charge in [-0.1, -0.05) is 6.07 Å². The van der Waals surface area contributed by atoms with Crippen molar-refractivity contribution in [3.63, 3.8) is 0 Å². The van der Waals surface area contributed by atoms with Gasteiger partial charge in [0.25, 0.3) is 5.91 Å². The fraction of sp³-hybridized carbons (Fsp3) is 0.267. The van der Waals surface area contributed by atoms with Crippen LogP contribution in [0.15, 0.2) is 30.5 Å². The average molecular weight is 321 g/mol. The van der Waals surface area contributed by atoms with Crippen LogP contribution in [0.5, 0.6) is 0 Å². The van der Waals surface area contributed by atoms with Crippen molar-refractivity contribution < 1.29 is 23.5 Å². The summed E-state index contributed by atoms with van der Waals surface area (Å²) in [6.45, 7) is 0.316. The molecule has 3 rings (SSSR count). The van der Waals surface area contributed by atoms with Crippen molar-refractivity contribution in [2.45, 2.75) is 18.9 Å². The summed E-state index contributed by atoms with van der Waals surface area (Å²) in [4.78, 5) is 24.7. The molecule has 6 nitrogen and oxygen atoms in total. The maximum absolute atomic E-state index is 13.7. The van der Waals surface area contributed by atoms with Crippen molar-refractivity contribution in [3.05, 3.63) is 47.8 Å². The van der Waals surface area contributed by atoms with Crippen LogP contribution in [0.3, 0.4) is 0 Å². The van der Waals surface area contributed by atoms with Crippen molar-refractivity contribution in [2.24, 2.45) is 0 Å². The first-order valence-electron chi connectivity index (χ1n) is 7.03. The van der Waals surface area contributed by atoms with Gasteiger partial charge in [0.1, 0.15) is 11.7 Å². The van der Waals surface area contributed by atoms with Gasteiger partial charge in [-0.05, 0) is 31.0 Å². The molecule has 120 valence electrons. The molecule has 0 radical (unpaired) electrons. The molecular weight excluding hydrogens is 308 g/mol. The number of carbonyl (C=O) groups is 2. The highest BCUT2D eigenvalue weighted by Gasteiger charge is 2.35. The number of benzene rings is 1. The number of rotatable bonds is 3. The summed E-state index contributed by atoms with van der Waals surface area (Å²) >= 11 is 0. The lowest BCUT2D eigenvalue weighted by Gasteiger charge is -2.20. The number of carboxylic acids is 1. The van der Waals surface area contributed by atoms with E-state index in [1.807, 2.05) is 0 Å². The maximum atomic E-state index is 13.7. The number of halogens is 2. The second-order valence-electron chi connectivity index (χ2n) is 5.21. The molecular formula is C15H13F2N3O3. The van der Waals surface area contributed by atoms with Gasteiger partial charge in [-0.25, -0.2) is 18.3 Å². The number of nitrogens with zero attached hydrogens (tertiary/aromatic N) is 3. The van der Waals surface area contributed by atoms with Crippen LogP contribution in [-0.2, 0) is 4.79 Å². The van der Waals surface area contributed by atoms with Crippen LogP contribution in [0.2, 0.25) is 0 Å². The van der Waals surface area contributed by atoms with Gasteiger partial charge >= 0.3 is 5.97 Å². The molecule has 1 atom stereocenters. The van der Waals surface area contributed by atoms with Crippen molar-refractivity contribution in [3.8, 4) is 5.69 Å². The van der Waals surface area contributed by atoms with E-state index in [1.165, 1.54) is 23.2 Å². The third kappa shape index (κ3) is 2.67. The van der Waals surface area contributed by atoms with Gasteiger partial charge in [0.05, 0.1) is 0 Å². The molecule has 2 heterocycles. The van der Waals surface area contributed by atoms with E-state index < -0.39 is 29.6 Å². The zero-order valence-electron chi connectivity index (χ0n) is 11.9. The van der Waals surface area contributed by atoms with Crippen LogP contribution < -0.4 is 0 Å². The van der Waals surface area contributed by atoms with Gasteiger partial charge in [0.15, 0.2) is 17.3 Å². The van der Waals surface area contributed by atoms with E-state index in [-0.39, 0.29) is 11.4 Å². The fourth-order valence-electron chi connectivity index (χ4n) is 2.68. The fourth-order valence-corrected chi connectivity index (χ4v) is 2.68. The third-order valence-corrected chi connectivity index (χ3v) is 3.77. The zero-order chi connectivity index (χ0) is 16.6. The zero-order valence-corrected chi connectivity index (χ0v) is 11.9. The Labute approximate surface area is 129 Å². The molecule has 1 saturated heterocycles. The number of aromatic nitrogens is 2. The van der Waals surface area contributed by atoms with Gasteiger partial charge in [-0.2, -0.15) is 5.10 Å². The predicted molar refractivity (Wildman–Crippen MR) is 75.2 cm³/mol. The first kappa shape index (κ1) is 15.1. The summed E-state index contributed by atoms with van der Waals surface area (Å²) in [6, 6.07) is 3.82. The lowest BCUT2D eigenvalue weighted by molar-refractivity contribution is -0.141. The number of likely N-dealkylation sites (tertiary alicyclic amines) is 1. The van der Waals surface area contributed by atoms with Crippen LogP contribution in [0, 0.1) is 11.6 Å². The number of carbonyl (C=O) groups excluding carboxylic acids is 1. The summed E-state index contributed by atoms with van der Waals surface area (Å²) < 4.78 is 28.4. The number of para-hydroxylation sites is 1. The molecule has 0 aliphatic carbocycles. The minimum atomic E-state index is -1.07. The van der Waals surface area contributed by atoms with Gasteiger partial charge in [-0.3, -0.25) is 4.79 Å². The van der Waals surface area contributed by atoms with Gasteiger partial charge in [0, 0.05) is 12.7 Å². The quantitative estimate of drug-likeness (QED) is 0.936. The molecule has 0 spiro atoms. The largest absolute Gasteiger partial charge is 0.480 e. The normalized spacial score (nSPS) is 17.5. The number of amides is 1. The maximum Gasteiger partial charge on any atom is 0.326 e. The van der Waals surface area contributed by atoms with Gasteiger partial charge < -0.3 is 10.0 Å². The highest BCUT2D eigenvalue weighted by atomic mass is 19.1. The van der Waals surface area contributed by atoms with Crippen LogP contribution in [0.1, 0.15) is 23.3 Å². The molecule has 1 N–H and O–H groups in total. The van der Waals surface area contributed by atoms with E-state index in [2.05, 4.69) is 5.10 Å². The Kier molecular flexibility index (Phi) is 3.81. The predicted octanol–water partition coefficient (Wildman–Crippen LogP) is 1.84. The summed E-state index contributed by atoms with van der Waals surface area (Å²) in [6.07, 6.45) is 2.23. The first-order chi connectivity index (χ1) is 11.0. The molecule has 8 heteroatoms. The van der Waals surface area contributed by atoms with Crippen LogP contribution in [-0.4, -0.2) is 44.3 Å². The van der Waals surface area contributed by atoms with Crippen LogP contribution in [0.4, 0.5) is 8.78 Å². The highest BCUT2D eigenvalue weighted by molar-refractivity contribution is 5.95. The van der Waals surface area contributed by atoms with Gasteiger partial charge in [-0.15, -0.1) is 0 Å². The number of aliphatic carboxylic acids is 1. The molecule has 23 heavy (non-hydrogen) atoms. The standard InChI is InChI=1S/C15H13F2N3O3/c16-9-3-1-4-10(17)13(9)20-8-6-11(18-20)14(21)19-7-2-5-12(19)15(22)23/h1,3-4,6,8,12H,2,5,7H2,(H,22,23)/t12-/m0/s1. The Morgan fingerprint density at radius 2 is 1.91 bits per heavy atom. The first-order valence-corrected chi connectivity index (χ1v) is 7.03. The minimum absolute atomic E-state index is 0.0548. The molecule has 0 bridgehead atoms. The lowest BCUT2D eigenvalue weighted by atomic mass is 10.2. The van der Waals surface area contributed by atoms with E-state index in [1.54, 1.807) is 0 Å². The number of hydrogen-bond donors (Lipinski definition) is 1. The second kappa shape index (κ2) is 5.79. The SMILES string of the molecule is O=C(O)[C@@H]1CCCN1C(=O)c1ccn(-c2c(F)cccc2F)n1. The molecule has 1 aliphatic heterocycles. The van der Waals surface area contributed by atoms with Crippen molar-refractivity contribution in [1.82, 2.24) is 14.7 Å². The summed E-state index contributed by atoms with van der Waals surface area (Å²) in [5.41, 5.74) is -0.441. The summed E-state index contributed by atoms with van der Waals surface area (Å²) in [7, 11) is 0. The van der Waals surface area contributed by atoms with Crippen molar-refractivity contribution in [1.29, 1.82) is 0 Å². The molecule has 0 unspecified atom stereocenters. The topological polar surface area (TPSA) is 75.4 Å². The molecule has 0 saturated carbocycles. The van der Waals surface area contributed by atoms with E-state index >= 15 is 0 Å². The summed E-state index contributed by atoms with van der Waals surface area (Å²) in [5.74, 6) is -3.26. The van der Waals surface area contributed by atoms with Crippen molar-refractivity contribution in [2.75, 3.05) is 6.54 Å². The molecule has 1 aromatic heterocycles. The second-order valence-corrected chi connectivity index (χ2v) is 5.21. The molecule has 2 aromatic rings. The van der Waals surface area contributed by atoms with E-state index in [0.29, 0.717) is 19.4 Å². The highest BCUT2D eigenvalue weighted by Crippen LogP contribution is 2.21. The van der Waals surface area contributed by atoms with E-state index in [4.69, 9.17) is 5.11 Å². The third-order valence-electron chi connectivity index (χ3n) is 3.77. The molecule has 1 fully saturated rings. The molecule has 1 aromatic carbocycles. The van der Waals surface area contributed by atoms with Crippen molar-refractivity contribution >= 4 is 11.9 Å². The Morgan fingerprint density at radius 3 is 2.57 bits per heavy atom. The molecule has 1 amide bonds. The van der Waals surface area contributed by atoms with Crippen LogP contribution >= 0.6 is 0 Å². The van der Waals surface area contributed by atoms with Crippen LogP contribution in [0.25, 0.3) is 5.69 Å².